The fourth-order valence-electron chi connectivity index (χ4n) is 7.69. The number of fused-ring (bicyclic) bond motifs is 4. The molecular weight excluding hydrogens is 745 g/mol. The van der Waals surface area contributed by atoms with Crippen LogP contribution in [0.4, 0.5) is 0 Å². The fourth-order valence-corrected chi connectivity index (χ4v) is 10.0. The maximum atomic E-state index is 5.01. The van der Waals surface area contributed by atoms with E-state index in [9.17, 15) is 0 Å². The van der Waals surface area contributed by atoms with Gasteiger partial charge in [0.15, 0.2) is 17.5 Å². The van der Waals surface area contributed by atoms with E-state index in [2.05, 4.69) is 127 Å². The predicted molar refractivity (Wildman–Crippen MR) is 244 cm³/mol. The molecule has 11 aromatic rings. The van der Waals surface area contributed by atoms with E-state index in [1.807, 2.05) is 78.1 Å². The van der Waals surface area contributed by atoms with E-state index in [1.165, 1.54) is 52.7 Å². The molecular formula is C52H32N4S2. The number of rotatable bonds is 7. The number of thiazole rings is 1. The normalized spacial score (nSPS) is 11.4. The molecule has 8 aromatic carbocycles. The van der Waals surface area contributed by atoms with Gasteiger partial charge >= 0.3 is 0 Å². The van der Waals surface area contributed by atoms with Crippen molar-refractivity contribution in [3.05, 3.63) is 194 Å². The highest BCUT2D eigenvalue weighted by molar-refractivity contribution is 7.27. The number of hydrogen-bond donors (Lipinski definition) is 0. The van der Waals surface area contributed by atoms with Crippen molar-refractivity contribution in [3.63, 3.8) is 0 Å². The third-order valence-electron chi connectivity index (χ3n) is 10.6. The summed E-state index contributed by atoms with van der Waals surface area (Å²) >= 11 is 3.60. The van der Waals surface area contributed by atoms with Crippen LogP contribution in [0.15, 0.2) is 194 Å². The summed E-state index contributed by atoms with van der Waals surface area (Å²) in [5.74, 6) is 1.95. The van der Waals surface area contributed by atoms with Gasteiger partial charge in [0.05, 0.1) is 10.2 Å². The Hall–Kier alpha value is -7.12. The first kappa shape index (κ1) is 34.2. The van der Waals surface area contributed by atoms with Gasteiger partial charge in [-0.05, 0) is 51.6 Å². The Bertz CT molecular complexity index is 3210. The lowest BCUT2D eigenvalue weighted by Crippen LogP contribution is -2.00. The van der Waals surface area contributed by atoms with Crippen molar-refractivity contribution in [3.8, 4) is 78.1 Å². The van der Waals surface area contributed by atoms with Crippen LogP contribution in [0.3, 0.4) is 0 Å². The average Bonchev–Trinajstić information content (AvgIpc) is 3.92. The molecule has 0 aliphatic carbocycles. The summed E-state index contributed by atoms with van der Waals surface area (Å²) in [5.41, 5.74) is 12.1. The molecule has 0 bridgehead atoms. The molecule has 4 nitrogen and oxygen atoms in total. The summed E-state index contributed by atoms with van der Waals surface area (Å²) in [4.78, 5) is 19.9. The molecule has 6 heteroatoms. The van der Waals surface area contributed by atoms with Crippen LogP contribution >= 0.6 is 22.7 Å². The molecule has 58 heavy (non-hydrogen) atoms. The van der Waals surface area contributed by atoms with E-state index in [0.29, 0.717) is 17.5 Å². The van der Waals surface area contributed by atoms with E-state index >= 15 is 0 Å². The Morgan fingerprint density at radius 3 is 1.40 bits per heavy atom. The zero-order valence-electron chi connectivity index (χ0n) is 31.1. The van der Waals surface area contributed by atoms with Crippen LogP contribution in [-0.4, -0.2) is 19.9 Å². The van der Waals surface area contributed by atoms with Crippen molar-refractivity contribution < 1.29 is 0 Å². The summed E-state index contributed by atoms with van der Waals surface area (Å²) < 4.78 is 3.74. The van der Waals surface area contributed by atoms with E-state index < -0.39 is 0 Å². The van der Waals surface area contributed by atoms with Gasteiger partial charge in [0.2, 0.25) is 0 Å². The van der Waals surface area contributed by atoms with Crippen LogP contribution in [0.25, 0.3) is 109 Å². The van der Waals surface area contributed by atoms with Crippen molar-refractivity contribution in [2.75, 3.05) is 0 Å². The van der Waals surface area contributed by atoms with Gasteiger partial charge in [-0.25, -0.2) is 19.9 Å². The molecule has 0 amide bonds. The Morgan fingerprint density at radius 1 is 0.293 bits per heavy atom. The monoisotopic (exact) mass is 776 g/mol. The summed E-state index contributed by atoms with van der Waals surface area (Å²) in [6.07, 6.45) is 0. The lowest BCUT2D eigenvalue weighted by atomic mass is 9.98. The molecule has 11 rings (SSSR count). The molecule has 0 saturated heterocycles. The largest absolute Gasteiger partial charge is 0.236 e. The lowest BCUT2D eigenvalue weighted by Gasteiger charge is -2.10. The van der Waals surface area contributed by atoms with Crippen molar-refractivity contribution in [1.29, 1.82) is 0 Å². The molecule has 0 saturated carbocycles. The lowest BCUT2D eigenvalue weighted by molar-refractivity contribution is 1.07. The van der Waals surface area contributed by atoms with Crippen LogP contribution in [0.2, 0.25) is 0 Å². The zero-order chi connectivity index (χ0) is 38.4. The minimum Gasteiger partial charge on any atom is -0.236 e. The van der Waals surface area contributed by atoms with Gasteiger partial charge in [-0.15, -0.1) is 22.7 Å². The van der Waals surface area contributed by atoms with Gasteiger partial charge in [0.1, 0.15) is 5.01 Å². The number of thiophene rings is 1. The molecule has 0 N–H and O–H groups in total. The zero-order valence-corrected chi connectivity index (χ0v) is 32.7. The van der Waals surface area contributed by atoms with Crippen molar-refractivity contribution in [2.24, 2.45) is 0 Å². The summed E-state index contributed by atoms with van der Waals surface area (Å²) in [6.45, 7) is 0. The third kappa shape index (κ3) is 6.25. The standard InChI is InChI=1S/C52H32N4S2/c1-4-13-35(14-5-1)49-54-50(36-15-6-2-7-16-36)56-51(55-49)40-20-10-19-39(31-40)42-22-12-24-44-43-23-11-21-41(47(43)58-48(42)44)34-27-25-33(26-28-34)38-29-30-46-45(32-38)53-52(57-46)37-17-8-3-9-18-37/h1-32H. The molecule has 0 spiro atoms. The number of nitrogens with zero attached hydrogens (tertiary/aromatic N) is 4. The quantitative estimate of drug-likeness (QED) is 0.162. The molecule has 3 aromatic heterocycles. The van der Waals surface area contributed by atoms with Crippen LogP contribution in [0.5, 0.6) is 0 Å². The number of aromatic nitrogens is 4. The minimum absolute atomic E-state index is 0.646. The Balaban J connectivity index is 0.952. The van der Waals surface area contributed by atoms with Crippen molar-refractivity contribution in [2.45, 2.75) is 0 Å². The highest BCUT2D eigenvalue weighted by atomic mass is 32.1. The van der Waals surface area contributed by atoms with Crippen molar-refractivity contribution >= 4 is 53.1 Å². The van der Waals surface area contributed by atoms with E-state index in [1.54, 1.807) is 11.3 Å². The molecule has 0 unspecified atom stereocenters. The van der Waals surface area contributed by atoms with Crippen molar-refractivity contribution in [1.82, 2.24) is 19.9 Å². The Labute approximate surface area is 343 Å². The molecule has 272 valence electrons. The van der Waals surface area contributed by atoms with Gasteiger partial charge in [-0.3, -0.25) is 0 Å². The topological polar surface area (TPSA) is 51.6 Å². The first-order chi connectivity index (χ1) is 28.7. The van der Waals surface area contributed by atoms with Gasteiger partial charge in [0.25, 0.3) is 0 Å². The highest BCUT2D eigenvalue weighted by Gasteiger charge is 2.17. The smallest absolute Gasteiger partial charge is 0.164 e. The molecule has 0 radical (unpaired) electrons. The van der Waals surface area contributed by atoms with E-state index in [-0.39, 0.29) is 0 Å². The van der Waals surface area contributed by atoms with E-state index in [4.69, 9.17) is 19.9 Å². The molecule has 0 atom stereocenters. The maximum absolute atomic E-state index is 5.01. The first-order valence-electron chi connectivity index (χ1n) is 19.2. The molecule has 0 aliphatic rings. The average molecular weight is 777 g/mol. The van der Waals surface area contributed by atoms with Crippen LogP contribution in [-0.2, 0) is 0 Å². The Morgan fingerprint density at radius 2 is 0.776 bits per heavy atom. The number of hydrogen-bond acceptors (Lipinski definition) is 6. The molecule has 3 heterocycles. The SMILES string of the molecule is c1ccc(-c2nc(-c3ccccc3)nc(-c3cccc(-c4cccc5c4sc4c(-c6ccc(-c7ccc8sc(-c9ccccc9)nc8c7)cc6)cccc45)c3)n2)cc1. The second kappa shape index (κ2) is 14.4. The second-order valence-electron chi connectivity index (χ2n) is 14.2. The molecule has 0 fully saturated rings. The predicted octanol–water partition coefficient (Wildman–Crippen LogP) is 14.5. The second-order valence-corrected chi connectivity index (χ2v) is 16.3. The summed E-state index contributed by atoms with van der Waals surface area (Å²) in [5, 5.41) is 3.57. The highest BCUT2D eigenvalue weighted by Crippen LogP contribution is 2.44. The number of benzene rings is 8. The van der Waals surface area contributed by atoms with Crippen LogP contribution < -0.4 is 0 Å². The molecule has 0 aliphatic heterocycles. The van der Waals surface area contributed by atoms with E-state index in [0.717, 1.165) is 38.3 Å². The first-order valence-corrected chi connectivity index (χ1v) is 20.8. The third-order valence-corrected chi connectivity index (χ3v) is 13.0. The van der Waals surface area contributed by atoms with Gasteiger partial charge in [0, 0.05) is 42.4 Å². The van der Waals surface area contributed by atoms with Gasteiger partial charge in [-0.2, -0.15) is 0 Å². The minimum atomic E-state index is 0.646. The van der Waals surface area contributed by atoms with Gasteiger partial charge in [-0.1, -0.05) is 176 Å². The van der Waals surface area contributed by atoms with Crippen LogP contribution in [0, 0.1) is 0 Å². The summed E-state index contributed by atoms with van der Waals surface area (Å²) in [7, 11) is 0. The fraction of sp³-hybridized carbons (Fsp3) is 0. The van der Waals surface area contributed by atoms with Gasteiger partial charge < -0.3 is 0 Å². The maximum Gasteiger partial charge on any atom is 0.164 e. The van der Waals surface area contributed by atoms with Crippen LogP contribution in [0.1, 0.15) is 0 Å². The summed E-state index contributed by atoms with van der Waals surface area (Å²) in [6, 6.07) is 68.1. The Kier molecular flexibility index (Phi) is 8.50.